The number of nitrogens with one attached hydrogen (secondary N) is 2. The molecule has 2 atom stereocenters. The van der Waals surface area contributed by atoms with Gasteiger partial charge in [0.1, 0.15) is 0 Å². The van der Waals surface area contributed by atoms with Crippen LogP contribution in [-0.2, 0) is 4.79 Å². The van der Waals surface area contributed by atoms with E-state index in [0.717, 1.165) is 19.5 Å². The van der Waals surface area contributed by atoms with Gasteiger partial charge in [0.05, 0.1) is 13.2 Å². The highest BCUT2D eigenvalue weighted by atomic mass is 16.3. The van der Waals surface area contributed by atoms with Crippen molar-refractivity contribution in [3.05, 3.63) is 41.5 Å². The maximum Gasteiger partial charge on any atom is 0.234 e. The highest BCUT2D eigenvalue weighted by Crippen LogP contribution is 2.50. The normalized spacial score (nSPS) is 26.6. The molecule has 2 saturated carbocycles. The van der Waals surface area contributed by atoms with Crippen molar-refractivity contribution in [3.63, 3.8) is 0 Å². The van der Waals surface area contributed by atoms with Gasteiger partial charge >= 0.3 is 0 Å². The molecule has 28 heavy (non-hydrogen) atoms. The van der Waals surface area contributed by atoms with Crippen molar-refractivity contribution in [1.82, 2.24) is 15.5 Å². The number of rotatable bonds is 9. The fourth-order valence-electron chi connectivity index (χ4n) is 5.16. The first-order valence-electron chi connectivity index (χ1n) is 10.7. The molecule has 3 N–H and O–H groups in total. The Morgan fingerprint density at radius 1 is 1.29 bits per heavy atom. The molecule has 1 spiro atoms. The number of hydrogen-bond donors (Lipinski definition) is 3. The molecular formula is C23H33N3O2. The molecule has 1 aromatic carbocycles. The van der Waals surface area contributed by atoms with Crippen molar-refractivity contribution in [2.24, 2.45) is 11.3 Å². The molecule has 4 rings (SSSR count). The van der Waals surface area contributed by atoms with Crippen molar-refractivity contribution in [2.75, 3.05) is 32.8 Å². The van der Waals surface area contributed by atoms with Gasteiger partial charge in [0, 0.05) is 31.7 Å². The molecule has 0 radical (unpaired) electrons. The molecule has 152 valence electrons. The maximum atomic E-state index is 11.7. The summed E-state index contributed by atoms with van der Waals surface area (Å²) in [7, 11) is 0. The van der Waals surface area contributed by atoms with E-state index in [2.05, 4.69) is 58.9 Å². The lowest BCUT2D eigenvalue weighted by atomic mass is 9.60. The average molecular weight is 384 g/mol. The quantitative estimate of drug-likeness (QED) is 0.611. The number of amides is 1. The molecule has 1 saturated heterocycles. The molecule has 3 aliphatic rings. The first-order chi connectivity index (χ1) is 13.6. The highest BCUT2D eigenvalue weighted by Gasteiger charge is 2.54. The summed E-state index contributed by atoms with van der Waals surface area (Å²) >= 11 is 0. The number of benzene rings is 1. The minimum absolute atomic E-state index is 0.00543. The van der Waals surface area contributed by atoms with Crippen LogP contribution in [0.15, 0.2) is 35.9 Å². The molecule has 1 amide bonds. The van der Waals surface area contributed by atoms with Crippen LogP contribution in [0.5, 0.6) is 0 Å². The number of carbonyl (C=O) groups is 1. The second-order valence-electron chi connectivity index (χ2n) is 8.92. The number of hydrogen-bond acceptors (Lipinski definition) is 4. The molecule has 0 bridgehead atoms. The second-order valence-corrected chi connectivity index (χ2v) is 8.92. The summed E-state index contributed by atoms with van der Waals surface area (Å²) in [6.07, 6.45) is 7.26. The standard InChI is InChI=1S/C23H33N3O2/c1-2-18(10-17-6-4-3-5-7-17)20-11-21(20)25-19-12-23(13-19)15-26(16-23)14-22(28)24-8-9-27/h3-7,10,19-21,25,27H,2,8-9,11-16H2,1H3,(H,24,28)/b18-10+/t20-,21+/m0/s1. The summed E-state index contributed by atoms with van der Waals surface area (Å²) in [5.41, 5.74) is 3.33. The Labute approximate surface area is 168 Å². The molecular weight excluding hydrogens is 350 g/mol. The predicted molar refractivity (Wildman–Crippen MR) is 112 cm³/mol. The van der Waals surface area contributed by atoms with Crippen molar-refractivity contribution in [3.8, 4) is 0 Å². The lowest BCUT2D eigenvalue weighted by molar-refractivity contribution is -0.130. The van der Waals surface area contributed by atoms with Crippen LogP contribution in [0, 0.1) is 11.3 Å². The van der Waals surface area contributed by atoms with Gasteiger partial charge in [-0.3, -0.25) is 9.69 Å². The Bertz CT molecular complexity index is 704. The molecule has 2 aliphatic carbocycles. The van der Waals surface area contributed by atoms with Crippen LogP contribution in [0.25, 0.3) is 6.08 Å². The van der Waals surface area contributed by atoms with Crippen LogP contribution < -0.4 is 10.6 Å². The molecule has 1 heterocycles. The lowest BCUT2D eigenvalue weighted by Crippen LogP contribution is -2.67. The molecule has 1 aliphatic heterocycles. The largest absolute Gasteiger partial charge is 0.395 e. The Morgan fingerprint density at radius 2 is 2.04 bits per heavy atom. The molecule has 1 aromatic rings. The van der Waals surface area contributed by atoms with Crippen LogP contribution >= 0.6 is 0 Å². The van der Waals surface area contributed by atoms with E-state index in [1.165, 1.54) is 24.8 Å². The van der Waals surface area contributed by atoms with E-state index in [-0.39, 0.29) is 12.5 Å². The molecule has 5 heteroatoms. The Morgan fingerprint density at radius 3 is 2.71 bits per heavy atom. The number of aliphatic hydroxyl groups excluding tert-OH is 1. The molecule has 5 nitrogen and oxygen atoms in total. The first kappa shape index (κ1) is 19.6. The van der Waals surface area contributed by atoms with E-state index >= 15 is 0 Å². The summed E-state index contributed by atoms with van der Waals surface area (Å²) in [5.74, 6) is 0.728. The smallest absolute Gasteiger partial charge is 0.234 e. The van der Waals surface area contributed by atoms with E-state index in [4.69, 9.17) is 5.11 Å². The Kier molecular flexibility index (Phi) is 5.85. The van der Waals surface area contributed by atoms with E-state index in [0.29, 0.717) is 36.5 Å². The molecule has 3 fully saturated rings. The van der Waals surface area contributed by atoms with E-state index < -0.39 is 0 Å². The van der Waals surface area contributed by atoms with Crippen LogP contribution in [0.4, 0.5) is 0 Å². The third kappa shape index (κ3) is 4.48. The van der Waals surface area contributed by atoms with Gasteiger partial charge in [-0.25, -0.2) is 0 Å². The topological polar surface area (TPSA) is 64.6 Å². The first-order valence-corrected chi connectivity index (χ1v) is 10.7. The number of likely N-dealkylation sites (tertiary alicyclic amines) is 1. The van der Waals surface area contributed by atoms with Crippen LogP contribution in [0.1, 0.15) is 38.2 Å². The van der Waals surface area contributed by atoms with Crippen molar-refractivity contribution >= 4 is 12.0 Å². The van der Waals surface area contributed by atoms with Gasteiger partial charge in [0.2, 0.25) is 5.91 Å². The number of nitrogens with zero attached hydrogens (tertiary/aromatic N) is 1. The molecule has 0 unspecified atom stereocenters. The van der Waals surface area contributed by atoms with Crippen molar-refractivity contribution in [1.29, 1.82) is 0 Å². The van der Waals surface area contributed by atoms with Gasteiger partial charge in [-0.15, -0.1) is 0 Å². The van der Waals surface area contributed by atoms with Gasteiger partial charge in [-0.05, 0) is 42.6 Å². The van der Waals surface area contributed by atoms with Crippen LogP contribution in [0.3, 0.4) is 0 Å². The lowest BCUT2D eigenvalue weighted by Gasteiger charge is -2.59. The average Bonchev–Trinajstić information content (AvgIpc) is 3.40. The van der Waals surface area contributed by atoms with Gasteiger partial charge in [0.25, 0.3) is 0 Å². The minimum atomic E-state index is 0.00543. The summed E-state index contributed by atoms with van der Waals surface area (Å²) < 4.78 is 0. The van der Waals surface area contributed by atoms with Crippen LogP contribution in [0.2, 0.25) is 0 Å². The SMILES string of the molecule is CC/C(=C\c1ccccc1)[C@@H]1C[C@H]1NC1CC2(C1)CN(CC(=O)NCCO)C2. The fraction of sp³-hybridized carbons (Fsp3) is 0.609. The molecule has 0 aromatic heterocycles. The number of carbonyl (C=O) groups excluding carboxylic acids is 1. The van der Waals surface area contributed by atoms with E-state index in [1.54, 1.807) is 5.57 Å². The second kappa shape index (κ2) is 8.36. The summed E-state index contributed by atoms with van der Waals surface area (Å²) in [5, 5.41) is 15.4. The Hall–Kier alpha value is -1.69. The zero-order chi connectivity index (χ0) is 19.6. The predicted octanol–water partition coefficient (Wildman–Crippen LogP) is 2.03. The minimum Gasteiger partial charge on any atom is -0.395 e. The van der Waals surface area contributed by atoms with Gasteiger partial charge in [-0.2, -0.15) is 0 Å². The van der Waals surface area contributed by atoms with Gasteiger partial charge in [-0.1, -0.05) is 48.9 Å². The fourth-order valence-corrected chi connectivity index (χ4v) is 5.16. The number of aliphatic hydroxyl groups is 1. The van der Waals surface area contributed by atoms with Crippen molar-refractivity contribution < 1.29 is 9.90 Å². The van der Waals surface area contributed by atoms with E-state index in [9.17, 15) is 4.79 Å². The maximum absolute atomic E-state index is 11.7. The summed E-state index contributed by atoms with van der Waals surface area (Å²) in [4.78, 5) is 13.9. The summed E-state index contributed by atoms with van der Waals surface area (Å²) in [6.45, 7) is 5.17. The van der Waals surface area contributed by atoms with E-state index in [1.807, 2.05) is 0 Å². The zero-order valence-corrected chi connectivity index (χ0v) is 16.9. The summed E-state index contributed by atoms with van der Waals surface area (Å²) in [6, 6.07) is 11.9. The van der Waals surface area contributed by atoms with Crippen LogP contribution in [-0.4, -0.2) is 60.8 Å². The monoisotopic (exact) mass is 383 g/mol. The third-order valence-electron chi connectivity index (χ3n) is 6.55. The zero-order valence-electron chi connectivity index (χ0n) is 16.9. The van der Waals surface area contributed by atoms with Crippen molar-refractivity contribution in [2.45, 2.75) is 44.7 Å². The van der Waals surface area contributed by atoms with Gasteiger partial charge in [0.15, 0.2) is 0 Å². The highest BCUT2D eigenvalue weighted by molar-refractivity contribution is 5.78. The Balaban J connectivity index is 1.17. The third-order valence-corrected chi connectivity index (χ3v) is 6.55. The van der Waals surface area contributed by atoms with Gasteiger partial charge < -0.3 is 15.7 Å².